The van der Waals surface area contributed by atoms with Crippen LogP contribution in [0.3, 0.4) is 0 Å². The van der Waals surface area contributed by atoms with E-state index < -0.39 is 11.6 Å². The third kappa shape index (κ3) is 5.15. The number of piperidine rings is 1. The van der Waals surface area contributed by atoms with Crippen LogP contribution in [0, 0.1) is 11.6 Å². The maximum absolute atomic E-state index is 13.2. The molecule has 1 aliphatic rings. The van der Waals surface area contributed by atoms with E-state index in [9.17, 15) is 8.78 Å². The van der Waals surface area contributed by atoms with E-state index in [1.54, 1.807) is 6.33 Å². The predicted molar refractivity (Wildman–Crippen MR) is 97.8 cm³/mol. The summed E-state index contributed by atoms with van der Waals surface area (Å²) in [6.45, 7) is 5.25. The molecule has 0 radical (unpaired) electrons. The van der Waals surface area contributed by atoms with Crippen LogP contribution in [0.2, 0.25) is 0 Å². The second-order valence-electron chi connectivity index (χ2n) is 6.29. The molecule has 0 atom stereocenters. The van der Waals surface area contributed by atoms with Crippen molar-refractivity contribution in [3.8, 4) is 5.75 Å². The zero-order valence-corrected chi connectivity index (χ0v) is 15.3. The lowest BCUT2D eigenvalue weighted by atomic mass is 9.96. The number of aromatic nitrogens is 3. The zero-order valence-electron chi connectivity index (χ0n) is 15.3. The van der Waals surface area contributed by atoms with Crippen molar-refractivity contribution >= 4 is 5.96 Å². The number of aliphatic imine (C=N–C) groups is 1. The average molecular weight is 378 g/mol. The average Bonchev–Trinajstić information content (AvgIpc) is 3.22. The van der Waals surface area contributed by atoms with Crippen LogP contribution >= 0.6 is 0 Å². The summed E-state index contributed by atoms with van der Waals surface area (Å²) in [7, 11) is 0. The minimum atomic E-state index is -0.918. The molecule has 0 aliphatic carbocycles. The minimum Gasteiger partial charge on any atom is -0.492 e. The Kier molecular flexibility index (Phi) is 6.56. The quantitative estimate of drug-likeness (QED) is 0.458. The van der Waals surface area contributed by atoms with Crippen molar-refractivity contribution in [1.82, 2.24) is 25.4 Å². The summed E-state index contributed by atoms with van der Waals surface area (Å²) in [6.07, 6.45) is 3.50. The van der Waals surface area contributed by atoms with Gasteiger partial charge in [-0.05, 0) is 31.9 Å². The van der Waals surface area contributed by atoms with Gasteiger partial charge >= 0.3 is 0 Å². The second kappa shape index (κ2) is 9.29. The zero-order chi connectivity index (χ0) is 19.1. The largest absolute Gasteiger partial charge is 0.492 e. The third-order valence-electron chi connectivity index (χ3n) is 4.46. The Morgan fingerprint density at radius 1 is 1.33 bits per heavy atom. The number of H-pyrrole nitrogens is 1. The Morgan fingerprint density at radius 2 is 2.15 bits per heavy atom. The van der Waals surface area contributed by atoms with Crippen molar-refractivity contribution in [3.05, 3.63) is 42.0 Å². The van der Waals surface area contributed by atoms with Gasteiger partial charge < -0.3 is 15.0 Å². The van der Waals surface area contributed by atoms with E-state index in [4.69, 9.17) is 4.74 Å². The fourth-order valence-corrected chi connectivity index (χ4v) is 3.08. The molecule has 0 amide bonds. The molecule has 1 aliphatic heterocycles. The molecule has 146 valence electrons. The van der Waals surface area contributed by atoms with Gasteiger partial charge in [-0.1, -0.05) is 0 Å². The number of hydrogen-bond acceptors (Lipinski definition) is 4. The van der Waals surface area contributed by atoms with Gasteiger partial charge in [0.2, 0.25) is 0 Å². The monoisotopic (exact) mass is 378 g/mol. The van der Waals surface area contributed by atoms with Crippen molar-refractivity contribution in [2.75, 3.05) is 32.8 Å². The third-order valence-corrected chi connectivity index (χ3v) is 4.46. The van der Waals surface area contributed by atoms with E-state index in [0.717, 1.165) is 56.4 Å². The Balaban J connectivity index is 1.50. The number of benzene rings is 1. The molecule has 2 heterocycles. The SMILES string of the molecule is CCNC(=NCCOc1ccc(F)c(F)c1)N1CCC(c2ncn[nH]2)CC1. The first-order chi connectivity index (χ1) is 13.2. The van der Waals surface area contributed by atoms with E-state index in [1.807, 2.05) is 6.92 Å². The Hall–Kier alpha value is -2.71. The van der Waals surface area contributed by atoms with Gasteiger partial charge in [-0.3, -0.25) is 5.10 Å². The highest BCUT2D eigenvalue weighted by Crippen LogP contribution is 2.24. The van der Waals surface area contributed by atoms with Gasteiger partial charge in [-0.15, -0.1) is 0 Å². The molecule has 7 nitrogen and oxygen atoms in total. The molecule has 1 fully saturated rings. The topological polar surface area (TPSA) is 78.4 Å². The second-order valence-corrected chi connectivity index (χ2v) is 6.29. The summed E-state index contributed by atoms with van der Waals surface area (Å²) < 4.78 is 31.6. The summed E-state index contributed by atoms with van der Waals surface area (Å²) >= 11 is 0. The van der Waals surface area contributed by atoms with Gasteiger partial charge in [0.1, 0.15) is 24.5 Å². The van der Waals surface area contributed by atoms with Crippen LogP contribution in [0.15, 0.2) is 29.5 Å². The minimum absolute atomic E-state index is 0.286. The Bertz CT molecular complexity index is 744. The van der Waals surface area contributed by atoms with Gasteiger partial charge in [0.25, 0.3) is 0 Å². The van der Waals surface area contributed by atoms with Crippen molar-refractivity contribution in [2.45, 2.75) is 25.7 Å². The van der Waals surface area contributed by atoms with E-state index >= 15 is 0 Å². The summed E-state index contributed by atoms with van der Waals surface area (Å²) in [6, 6.07) is 3.50. The van der Waals surface area contributed by atoms with Crippen molar-refractivity contribution in [3.63, 3.8) is 0 Å². The van der Waals surface area contributed by atoms with E-state index in [2.05, 4.69) is 30.4 Å². The highest BCUT2D eigenvalue weighted by Gasteiger charge is 2.24. The lowest BCUT2D eigenvalue weighted by Crippen LogP contribution is -2.45. The number of likely N-dealkylation sites (tertiary alicyclic amines) is 1. The van der Waals surface area contributed by atoms with Gasteiger partial charge in [0.05, 0.1) is 6.54 Å². The van der Waals surface area contributed by atoms with E-state index in [-0.39, 0.29) is 6.61 Å². The van der Waals surface area contributed by atoms with Crippen LogP contribution < -0.4 is 10.1 Å². The predicted octanol–water partition coefficient (Wildman–Crippen LogP) is 2.31. The maximum atomic E-state index is 13.2. The highest BCUT2D eigenvalue weighted by atomic mass is 19.2. The summed E-state index contributed by atoms with van der Waals surface area (Å²) in [4.78, 5) is 11.0. The molecule has 0 bridgehead atoms. The van der Waals surface area contributed by atoms with Gasteiger partial charge in [0, 0.05) is 31.6 Å². The first kappa shape index (κ1) is 19.1. The summed E-state index contributed by atoms with van der Waals surface area (Å²) in [5.74, 6) is 0.659. The molecular formula is C18H24F2N6O. The number of nitrogens with zero attached hydrogens (tertiary/aromatic N) is 4. The molecule has 9 heteroatoms. The molecule has 2 aromatic rings. The standard InChI is InChI=1S/C18H24F2N6O/c1-2-21-18(22-7-10-27-14-3-4-15(19)16(20)11-14)26-8-5-13(6-9-26)17-23-12-24-25-17/h3-4,11-13H,2,5-10H2,1H3,(H,21,22)(H,23,24,25). The molecule has 0 unspecified atom stereocenters. The highest BCUT2D eigenvalue weighted by molar-refractivity contribution is 5.80. The molecular weight excluding hydrogens is 354 g/mol. The molecule has 0 spiro atoms. The van der Waals surface area contributed by atoms with Crippen LogP contribution in [0.4, 0.5) is 8.78 Å². The Morgan fingerprint density at radius 3 is 2.81 bits per heavy atom. The molecule has 1 aromatic heterocycles. The number of aromatic amines is 1. The van der Waals surface area contributed by atoms with Crippen molar-refractivity contribution in [1.29, 1.82) is 0 Å². The van der Waals surface area contributed by atoms with Crippen molar-refractivity contribution < 1.29 is 13.5 Å². The first-order valence-electron chi connectivity index (χ1n) is 9.13. The van der Waals surface area contributed by atoms with E-state index in [0.29, 0.717) is 18.2 Å². The van der Waals surface area contributed by atoms with Gasteiger partial charge in [-0.25, -0.2) is 18.8 Å². The molecule has 2 N–H and O–H groups in total. The van der Waals surface area contributed by atoms with Crippen LogP contribution in [0.25, 0.3) is 0 Å². The number of guanidine groups is 1. The van der Waals surface area contributed by atoms with Gasteiger partial charge in [-0.2, -0.15) is 5.10 Å². The Labute approximate surface area is 156 Å². The van der Waals surface area contributed by atoms with E-state index in [1.165, 1.54) is 6.07 Å². The van der Waals surface area contributed by atoms with Crippen LogP contribution in [0.5, 0.6) is 5.75 Å². The molecule has 0 saturated carbocycles. The molecule has 3 rings (SSSR count). The smallest absolute Gasteiger partial charge is 0.194 e. The summed E-state index contributed by atoms with van der Waals surface area (Å²) in [5, 5.41) is 10.2. The van der Waals surface area contributed by atoms with Crippen LogP contribution in [-0.2, 0) is 0 Å². The molecule has 1 aromatic carbocycles. The van der Waals surface area contributed by atoms with Crippen LogP contribution in [0.1, 0.15) is 31.5 Å². The fraction of sp³-hybridized carbons (Fsp3) is 0.500. The number of halogens is 2. The number of ether oxygens (including phenoxy) is 1. The molecule has 1 saturated heterocycles. The number of hydrogen-bond donors (Lipinski definition) is 2. The van der Waals surface area contributed by atoms with Crippen LogP contribution in [-0.4, -0.2) is 58.8 Å². The summed E-state index contributed by atoms with van der Waals surface area (Å²) in [5.41, 5.74) is 0. The lowest BCUT2D eigenvalue weighted by Gasteiger charge is -2.33. The number of nitrogens with one attached hydrogen (secondary N) is 2. The maximum Gasteiger partial charge on any atom is 0.194 e. The first-order valence-corrected chi connectivity index (χ1v) is 9.13. The van der Waals surface area contributed by atoms with Crippen molar-refractivity contribution in [2.24, 2.45) is 4.99 Å². The van der Waals surface area contributed by atoms with Gasteiger partial charge in [0.15, 0.2) is 17.6 Å². The normalized spacial score (nSPS) is 15.8. The lowest BCUT2D eigenvalue weighted by molar-refractivity contribution is 0.295. The molecule has 27 heavy (non-hydrogen) atoms. The number of rotatable bonds is 6. The fourth-order valence-electron chi connectivity index (χ4n) is 3.08.